The third kappa shape index (κ3) is 4.66. The van der Waals surface area contributed by atoms with Gasteiger partial charge >= 0.3 is 0 Å². The molecule has 0 bridgehead atoms. The van der Waals surface area contributed by atoms with Crippen LogP contribution in [0.2, 0.25) is 0 Å². The first-order chi connectivity index (χ1) is 13.4. The van der Waals surface area contributed by atoms with Crippen LogP contribution in [0, 0.1) is 6.92 Å². The Morgan fingerprint density at radius 3 is 2.75 bits per heavy atom. The normalized spacial score (nSPS) is 11.4. The molecule has 0 aliphatic heterocycles. The average molecular weight is 419 g/mol. The van der Waals surface area contributed by atoms with Crippen molar-refractivity contribution in [1.82, 2.24) is 15.0 Å². The van der Waals surface area contributed by atoms with Crippen molar-refractivity contribution in [3.05, 3.63) is 48.0 Å². The largest absolute Gasteiger partial charge is 0.494 e. The van der Waals surface area contributed by atoms with Gasteiger partial charge in [-0.05, 0) is 38.5 Å². The van der Waals surface area contributed by atoms with Gasteiger partial charge < -0.3 is 10.1 Å². The molecule has 2 heterocycles. The summed E-state index contributed by atoms with van der Waals surface area (Å²) in [5, 5.41) is 3.54. The van der Waals surface area contributed by atoms with Gasteiger partial charge in [0.25, 0.3) is 0 Å². The molecule has 0 radical (unpaired) electrons. The fraction of sp³-hybridized carbons (Fsp3) is 0.316. The number of sulfone groups is 1. The SMILES string of the molecule is CCCc1cc(Nc2ncc(S(=O)(=O)c3cccc(OCC)c3)s2)nc(C)n1. The number of aromatic nitrogens is 3. The molecule has 0 saturated heterocycles. The second-order valence-corrected chi connectivity index (χ2v) is 9.27. The van der Waals surface area contributed by atoms with Crippen LogP contribution in [0.25, 0.3) is 0 Å². The van der Waals surface area contributed by atoms with E-state index in [4.69, 9.17) is 4.74 Å². The van der Waals surface area contributed by atoms with Gasteiger partial charge in [0, 0.05) is 11.8 Å². The Bertz CT molecular complexity index is 1060. The van der Waals surface area contributed by atoms with E-state index in [0.29, 0.717) is 29.1 Å². The molecule has 2 aromatic heterocycles. The van der Waals surface area contributed by atoms with Crippen LogP contribution in [0.15, 0.2) is 45.6 Å². The molecule has 0 aliphatic rings. The number of nitrogens with one attached hydrogen (secondary N) is 1. The van der Waals surface area contributed by atoms with Crippen LogP contribution in [0.3, 0.4) is 0 Å². The summed E-state index contributed by atoms with van der Waals surface area (Å²) in [6.07, 6.45) is 3.19. The van der Waals surface area contributed by atoms with Crippen LogP contribution in [0.5, 0.6) is 5.75 Å². The summed E-state index contributed by atoms with van der Waals surface area (Å²) in [4.78, 5) is 13.1. The average Bonchev–Trinajstić information content (AvgIpc) is 3.11. The number of ether oxygens (including phenoxy) is 1. The molecule has 0 aliphatic carbocycles. The molecule has 28 heavy (non-hydrogen) atoms. The molecule has 3 aromatic rings. The molecule has 7 nitrogen and oxygen atoms in total. The van der Waals surface area contributed by atoms with E-state index in [2.05, 4.69) is 27.2 Å². The summed E-state index contributed by atoms with van der Waals surface area (Å²) in [5.41, 5.74) is 0.939. The Kier molecular flexibility index (Phi) is 6.25. The Balaban J connectivity index is 1.84. The van der Waals surface area contributed by atoms with Gasteiger partial charge in [-0.25, -0.2) is 23.4 Å². The van der Waals surface area contributed by atoms with Gasteiger partial charge in [-0.3, -0.25) is 0 Å². The maximum absolute atomic E-state index is 12.9. The van der Waals surface area contributed by atoms with Crippen LogP contribution in [-0.2, 0) is 16.3 Å². The van der Waals surface area contributed by atoms with E-state index < -0.39 is 9.84 Å². The quantitative estimate of drug-likeness (QED) is 0.587. The number of hydrogen-bond acceptors (Lipinski definition) is 8. The molecule has 0 saturated carbocycles. The van der Waals surface area contributed by atoms with Gasteiger partial charge in [0.2, 0.25) is 9.84 Å². The van der Waals surface area contributed by atoms with E-state index >= 15 is 0 Å². The van der Waals surface area contributed by atoms with Crippen LogP contribution < -0.4 is 10.1 Å². The van der Waals surface area contributed by atoms with Crippen molar-refractivity contribution in [2.75, 3.05) is 11.9 Å². The van der Waals surface area contributed by atoms with E-state index in [0.717, 1.165) is 29.9 Å². The predicted molar refractivity (Wildman–Crippen MR) is 109 cm³/mol. The summed E-state index contributed by atoms with van der Waals surface area (Å²) in [5.74, 6) is 1.78. The number of rotatable bonds is 8. The molecule has 1 N–H and O–H groups in total. The molecule has 0 amide bonds. The number of anilines is 2. The Morgan fingerprint density at radius 1 is 1.18 bits per heavy atom. The van der Waals surface area contributed by atoms with E-state index in [1.54, 1.807) is 18.2 Å². The number of hydrogen-bond donors (Lipinski definition) is 1. The topological polar surface area (TPSA) is 94.1 Å². The molecule has 0 atom stereocenters. The highest BCUT2D eigenvalue weighted by molar-refractivity contribution is 7.93. The standard InChI is InChI=1S/C19H22N4O3S2/c1-4-7-14-10-17(22-13(3)21-14)23-19-20-12-18(27-19)28(24,25)16-9-6-8-15(11-16)26-5-2/h6,8-12H,4-5,7H2,1-3H3,(H,20,21,22,23). The third-order valence-electron chi connectivity index (χ3n) is 3.81. The second-order valence-electron chi connectivity index (χ2n) is 6.06. The first-order valence-corrected chi connectivity index (χ1v) is 11.3. The zero-order valence-corrected chi connectivity index (χ0v) is 17.6. The lowest BCUT2D eigenvalue weighted by Crippen LogP contribution is -2.01. The third-order valence-corrected chi connectivity index (χ3v) is 6.93. The van der Waals surface area contributed by atoms with E-state index in [1.807, 2.05) is 19.9 Å². The number of nitrogens with zero attached hydrogens (tertiary/aromatic N) is 3. The van der Waals surface area contributed by atoms with Crippen molar-refractivity contribution >= 4 is 32.1 Å². The molecule has 3 rings (SSSR count). The maximum Gasteiger partial charge on any atom is 0.217 e. The lowest BCUT2D eigenvalue weighted by atomic mass is 10.2. The summed E-state index contributed by atoms with van der Waals surface area (Å²) in [6, 6.07) is 8.33. The summed E-state index contributed by atoms with van der Waals surface area (Å²) in [6.45, 7) is 6.23. The molecular weight excluding hydrogens is 396 g/mol. The molecule has 1 aromatic carbocycles. The Morgan fingerprint density at radius 2 is 2.00 bits per heavy atom. The zero-order chi connectivity index (χ0) is 20.1. The summed E-state index contributed by atoms with van der Waals surface area (Å²) >= 11 is 1.06. The van der Waals surface area contributed by atoms with Gasteiger partial charge in [-0.1, -0.05) is 30.7 Å². The molecule has 0 unspecified atom stereocenters. The fourth-order valence-electron chi connectivity index (χ4n) is 2.64. The lowest BCUT2D eigenvalue weighted by Gasteiger charge is -2.06. The number of benzene rings is 1. The van der Waals surface area contributed by atoms with Crippen molar-refractivity contribution in [3.8, 4) is 5.75 Å². The van der Waals surface area contributed by atoms with Gasteiger partial charge in [0.15, 0.2) is 5.13 Å². The van der Waals surface area contributed by atoms with Crippen LogP contribution >= 0.6 is 11.3 Å². The smallest absolute Gasteiger partial charge is 0.217 e. The van der Waals surface area contributed by atoms with E-state index in [-0.39, 0.29) is 9.10 Å². The Labute approximate surface area is 168 Å². The maximum atomic E-state index is 12.9. The highest BCUT2D eigenvalue weighted by Crippen LogP contribution is 2.31. The second kappa shape index (κ2) is 8.66. The van der Waals surface area contributed by atoms with Gasteiger partial charge in [-0.15, -0.1) is 0 Å². The van der Waals surface area contributed by atoms with Crippen LogP contribution in [-0.4, -0.2) is 30.0 Å². The van der Waals surface area contributed by atoms with E-state index in [9.17, 15) is 8.42 Å². The van der Waals surface area contributed by atoms with Crippen molar-refractivity contribution in [2.45, 2.75) is 42.7 Å². The van der Waals surface area contributed by atoms with Gasteiger partial charge in [0.05, 0.1) is 17.7 Å². The van der Waals surface area contributed by atoms with Gasteiger partial charge in [-0.2, -0.15) is 0 Å². The highest BCUT2D eigenvalue weighted by Gasteiger charge is 2.22. The predicted octanol–water partition coefficient (Wildman–Crippen LogP) is 4.17. The van der Waals surface area contributed by atoms with Crippen LogP contribution in [0.1, 0.15) is 31.8 Å². The summed E-state index contributed by atoms with van der Waals surface area (Å²) in [7, 11) is -3.67. The summed E-state index contributed by atoms with van der Waals surface area (Å²) < 4.78 is 31.4. The Hall–Kier alpha value is -2.52. The molecule has 0 fully saturated rings. The first kappa shape index (κ1) is 20.2. The van der Waals surface area contributed by atoms with Crippen LogP contribution in [0.4, 0.5) is 10.9 Å². The first-order valence-electron chi connectivity index (χ1n) is 8.97. The minimum atomic E-state index is -3.67. The van der Waals surface area contributed by atoms with Gasteiger partial charge in [0.1, 0.15) is 21.6 Å². The molecular formula is C19H22N4O3S2. The monoisotopic (exact) mass is 418 g/mol. The zero-order valence-electron chi connectivity index (χ0n) is 16.0. The number of thiazole rings is 1. The molecule has 9 heteroatoms. The minimum absolute atomic E-state index is 0.156. The fourth-order valence-corrected chi connectivity index (χ4v) is 5.12. The molecule has 0 spiro atoms. The van der Waals surface area contributed by atoms with Crippen molar-refractivity contribution in [3.63, 3.8) is 0 Å². The highest BCUT2D eigenvalue weighted by atomic mass is 32.2. The molecule has 148 valence electrons. The van der Waals surface area contributed by atoms with Crippen molar-refractivity contribution in [1.29, 1.82) is 0 Å². The van der Waals surface area contributed by atoms with Crippen molar-refractivity contribution < 1.29 is 13.2 Å². The minimum Gasteiger partial charge on any atom is -0.494 e. The van der Waals surface area contributed by atoms with Crippen molar-refractivity contribution in [2.24, 2.45) is 0 Å². The lowest BCUT2D eigenvalue weighted by molar-refractivity contribution is 0.339. The van der Waals surface area contributed by atoms with E-state index in [1.165, 1.54) is 12.3 Å². The number of aryl methyl sites for hydroxylation is 2.